The highest BCUT2D eigenvalue weighted by Crippen LogP contribution is 2.25. The molecule has 102 valence electrons. The van der Waals surface area contributed by atoms with Crippen molar-refractivity contribution in [3.8, 4) is 12.1 Å². The van der Waals surface area contributed by atoms with Gasteiger partial charge >= 0.3 is 5.97 Å². The fraction of sp³-hybridized carbons (Fsp3) is 0. The number of nitrogens with two attached hydrogens (primary N) is 1. The third-order valence-electron chi connectivity index (χ3n) is 2.74. The highest BCUT2D eigenvalue weighted by atomic mass is 16.4. The minimum atomic E-state index is -1.16. The Balaban J connectivity index is 2.40. The average Bonchev–Trinajstić information content (AvgIpc) is 2.48. The molecular weight excluding hydrogens is 270 g/mol. The molecule has 7 heteroatoms. The van der Waals surface area contributed by atoms with Gasteiger partial charge in [-0.25, -0.2) is 9.78 Å². The Bertz CT molecular complexity index is 802. The number of anilines is 3. The van der Waals surface area contributed by atoms with Gasteiger partial charge in [0.05, 0.1) is 22.4 Å². The second-order valence-corrected chi connectivity index (χ2v) is 4.03. The molecule has 21 heavy (non-hydrogen) atoms. The van der Waals surface area contributed by atoms with E-state index >= 15 is 0 Å². The first kappa shape index (κ1) is 13.8. The predicted octanol–water partition coefficient (Wildman–Crippen LogP) is 1.85. The van der Waals surface area contributed by atoms with Crippen LogP contribution in [0.3, 0.4) is 0 Å². The van der Waals surface area contributed by atoms with E-state index in [1.807, 2.05) is 12.1 Å². The zero-order valence-electron chi connectivity index (χ0n) is 10.7. The lowest BCUT2D eigenvalue weighted by atomic mass is 10.1. The molecule has 0 unspecified atom stereocenters. The summed E-state index contributed by atoms with van der Waals surface area (Å²) in [5.41, 5.74) is 6.60. The number of rotatable bonds is 3. The standard InChI is InChI=1S/C14H9N5O2/c15-6-8-1-2-10(5-9(8)7-16)19-13-12(17)11(14(20)21)3-4-18-13/h1-5H,17H2,(H,18,19)(H,20,21). The number of nitrogens with zero attached hydrogens (tertiary/aromatic N) is 3. The van der Waals surface area contributed by atoms with E-state index in [2.05, 4.69) is 10.3 Å². The fourth-order valence-corrected chi connectivity index (χ4v) is 1.71. The molecule has 0 aliphatic heterocycles. The molecule has 0 fully saturated rings. The van der Waals surface area contributed by atoms with Gasteiger partial charge in [-0.05, 0) is 24.3 Å². The van der Waals surface area contributed by atoms with Gasteiger partial charge in [-0.15, -0.1) is 0 Å². The van der Waals surface area contributed by atoms with Gasteiger partial charge in [0.1, 0.15) is 12.1 Å². The van der Waals surface area contributed by atoms with Crippen molar-refractivity contribution in [1.82, 2.24) is 4.98 Å². The second kappa shape index (κ2) is 5.59. The van der Waals surface area contributed by atoms with Crippen LogP contribution in [-0.2, 0) is 0 Å². The molecule has 0 atom stereocenters. The van der Waals surface area contributed by atoms with Crippen molar-refractivity contribution in [2.75, 3.05) is 11.1 Å². The number of aromatic nitrogens is 1. The van der Waals surface area contributed by atoms with Gasteiger partial charge < -0.3 is 16.2 Å². The summed E-state index contributed by atoms with van der Waals surface area (Å²) in [6.07, 6.45) is 1.32. The number of carboxylic acids is 1. The monoisotopic (exact) mass is 279 g/mol. The molecule has 2 rings (SSSR count). The number of pyridine rings is 1. The molecule has 2 aromatic rings. The largest absolute Gasteiger partial charge is 0.478 e. The number of carboxylic acid groups (broad SMARTS) is 1. The zero-order valence-corrected chi connectivity index (χ0v) is 10.7. The minimum Gasteiger partial charge on any atom is -0.478 e. The van der Waals surface area contributed by atoms with Crippen LogP contribution in [0.1, 0.15) is 21.5 Å². The number of nitrogens with one attached hydrogen (secondary N) is 1. The van der Waals surface area contributed by atoms with Crippen molar-refractivity contribution in [1.29, 1.82) is 10.5 Å². The maximum atomic E-state index is 11.0. The molecule has 0 aliphatic carbocycles. The van der Waals surface area contributed by atoms with Gasteiger partial charge in [0.25, 0.3) is 0 Å². The lowest BCUT2D eigenvalue weighted by molar-refractivity contribution is 0.0698. The maximum Gasteiger partial charge on any atom is 0.337 e. The Kier molecular flexibility index (Phi) is 3.69. The molecule has 0 radical (unpaired) electrons. The molecule has 0 saturated carbocycles. The molecule has 1 aromatic heterocycles. The van der Waals surface area contributed by atoms with Gasteiger partial charge in [0.2, 0.25) is 0 Å². The molecule has 7 nitrogen and oxygen atoms in total. The number of nitrogen functional groups attached to an aromatic ring is 1. The van der Waals surface area contributed by atoms with E-state index in [-0.39, 0.29) is 28.2 Å². The Morgan fingerprint density at radius 2 is 1.95 bits per heavy atom. The van der Waals surface area contributed by atoms with Crippen LogP contribution in [0.15, 0.2) is 30.5 Å². The SMILES string of the molecule is N#Cc1ccc(Nc2nccc(C(=O)O)c2N)cc1C#N. The smallest absolute Gasteiger partial charge is 0.337 e. The highest BCUT2D eigenvalue weighted by Gasteiger charge is 2.13. The van der Waals surface area contributed by atoms with Crippen LogP contribution in [0.5, 0.6) is 0 Å². The van der Waals surface area contributed by atoms with Gasteiger partial charge in [-0.2, -0.15) is 10.5 Å². The van der Waals surface area contributed by atoms with Crippen LogP contribution < -0.4 is 11.1 Å². The van der Waals surface area contributed by atoms with Crippen LogP contribution in [-0.4, -0.2) is 16.1 Å². The number of hydrogen-bond acceptors (Lipinski definition) is 6. The fourth-order valence-electron chi connectivity index (χ4n) is 1.71. The van der Waals surface area contributed by atoms with E-state index in [0.29, 0.717) is 5.69 Å². The first-order valence-corrected chi connectivity index (χ1v) is 5.76. The predicted molar refractivity (Wildman–Crippen MR) is 74.8 cm³/mol. The average molecular weight is 279 g/mol. The molecule has 1 heterocycles. The topological polar surface area (TPSA) is 136 Å². The van der Waals surface area contributed by atoms with Crippen LogP contribution >= 0.6 is 0 Å². The van der Waals surface area contributed by atoms with E-state index in [1.54, 1.807) is 6.07 Å². The Hall–Kier alpha value is -3.58. The van der Waals surface area contributed by atoms with Gasteiger partial charge in [0, 0.05) is 11.9 Å². The molecule has 1 aromatic carbocycles. The number of hydrogen-bond donors (Lipinski definition) is 3. The third-order valence-corrected chi connectivity index (χ3v) is 2.74. The van der Waals surface area contributed by atoms with Crippen LogP contribution in [0.2, 0.25) is 0 Å². The lowest BCUT2D eigenvalue weighted by Crippen LogP contribution is -2.07. The first-order valence-electron chi connectivity index (χ1n) is 5.76. The number of nitriles is 2. The van der Waals surface area contributed by atoms with Crippen molar-refractivity contribution in [3.63, 3.8) is 0 Å². The quantitative estimate of drug-likeness (QED) is 0.779. The summed E-state index contributed by atoms with van der Waals surface area (Å²) in [6, 6.07) is 9.63. The van der Waals surface area contributed by atoms with Crippen LogP contribution in [0, 0.1) is 22.7 Å². The van der Waals surface area contributed by atoms with Crippen molar-refractivity contribution in [2.24, 2.45) is 0 Å². The van der Waals surface area contributed by atoms with E-state index in [4.69, 9.17) is 21.4 Å². The molecule has 0 amide bonds. The minimum absolute atomic E-state index is 0.00660. The van der Waals surface area contributed by atoms with Crippen LogP contribution in [0.4, 0.5) is 17.2 Å². The van der Waals surface area contributed by atoms with E-state index in [0.717, 1.165) is 0 Å². The Labute approximate surface area is 119 Å². The normalized spacial score (nSPS) is 9.43. The van der Waals surface area contributed by atoms with Gasteiger partial charge in [0.15, 0.2) is 5.82 Å². The first-order chi connectivity index (χ1) is 10.1. The Morgan fingerprint density at radius 1 is 1.24 bits per heavy atom. The van der Waals surface area contributed by atoms with Gasteiger partial charge in [-0.1, -0.05) is 0 Å². The van der Waals surface area contributed by atoms with E-state index in [9.17, 15) is 4.79 Å². The van der Waals surface area contributed by atoms with Crippen molar-refractivity contribution in [3.05, 3.63) is 47.2 Å². The van der Waals surface area contributed by atoms with Crippen molar-refractivity contribution < 1.29 is 9.90 Å². The number of aromatic carboxylic acids is 1. The lowest BCUT2D eigenvalue weighted by Gasteiger charge is -2.10. The van der Waals surface area contributed by atoms with E-state index < -0.39 is 5.97 Å². The molecular formula is C14H9N5O2. The van der Waals surface area contributed by atoms with Gasteiger partial charge in [-0.3, -0.25) is 0 Å². The summed E-state index contributed by atoms with van der Waals surface area (Å²) in [7, 11) is 0. The maximum absolute atomic E-state index is 11.0. The summed E-state index contributed by atoms with van der Waals surface area (Å²) in [4.78, 5) is 15.0. The molecule has 0 spiro atoms. The number of carbonyl (C=O) groups is 1. The summed E-state index contributed by atoms with van der Waals surface area (Å²) in [6.45, 7) is 0. The zero-order chi connectivity index (χ0) is 15.4. The summed E-state index contributed by atoms with van der Waals surface area (Å²) in [5, 5.41) is 29.6. The molecule has 0 saturated heterocycles. The van der Waals surface area contributed by atoms with E-state index in [1.165, 1.54) is 24.4 Å². The van der Waals surface area contributed by atoms with Crippen molar-refractivity contribution >= 4 is 23.2 Å². The third kappa shape index (κ3) is 2.72. The summed E-state index contributed by atoms with van der Waals surface area (Å²) >= 11 is 0. The summed E-state index contributed by atoms with van der Waals surface area (Å²) < 4.78 is 0. The Morgan fingerprint density at radius 3 is 2.57 bits per heavy atom. The van der Waals surface area contributed by atoms with Crippen LogP contribution in [0.25, 0.3) is 0 Å². The summed E-state index contributed by atoms with van der Waals surface area (Å²) in [5.74, 6) is -0.987. The van der Waals surface area contributed by atoms with Crippen molar-refractivity contribution in [2.45, 2.75) is 0 Å². The molecule has 0 bridgehead atoms. The highest BCUT2D eigenvalue weighted by molar-refractivity contribution is 5.96. The number of benzene rings is 1. The second-order valence-electron chi connectivity index (χ2n) is 4.03. The molecule has 0 aliphatic rings. The molecule has 4 N–H and O–H groups in total.